The van der Waals surface area contributed by atoms with Crippen LogP contribution >= 0.6 is 11.6 Å². The Hall–Kier alpha value is -1.85. The fourth-order valence-corrected chi connectivity index (χ4v) is 2.77. The summed E-state index contributed by atoms with van der Waals surface area (Å²) >= 11 is 4.46. The number of nitrogens with zero attached hydrogens (tertiary/aromatic N) is 2. The zero-order valence-electron chi connectivity index (χ0n) is 9.69. The molecule has 1 aliphatic rings. The molecule has 4 nitrogen and oxygen atoms in total. The van der Waals surface area contributed by atoms with Crippen LogP contribution in [0, 0.1) is 0 Å². The first-order valence-corrected chi connectivity index (χ1v) is 6.96. The lowest BCUT2D eigenvalue weighted by Gasteiger charge is -2.15. The largest absolute Gasteiger partial charge is 0.346 e. The summed E-state index contributed by atoms with van der Waals surface area (Å²) in [5.41, 5.74) is 1.41. The Labute approximate surface area is 118 Å². The van der Waals surface area contributed by atoms with Crippen LogP contribution in [0.2, 0.25) is 5.02 Å². The van der Waals surface area contributed by atoms with Crippen LogP contribution in [0.5, 0.6) is 0 Å². The van der Waals surface area contributed by atoms with Gasteiger partial charge in [-0.2, -0.15) is 4.21 Å². The average Bonchev–Trinajstić information content (AvgIpc) is 2.82. The van der Waals surface area contributed by atoms with Gasteiger partial charge in [0, 0.05) is 5.56 Å². The summed E-state index contributed by atoms with van der Waals surface area (Å²) in [6, 6.07) is 16.5. The van der Waals surface area contributed by atoms with Gasteiger partial charge in [-0.05, 0) is 29.4 Å². The molecule has 0 amide bonds. The molecule has 0 bridgehead atoms. The van der Waals surface area contributed by atoms with Gasteiger partial charge in [0.2, 0.25) is 0 Å². The van der Waals surface area contributed by atoms with Crippen LogP contribution in [-0.2, 0) is 15.6 Å². The van der Waals surface area contributed by atoms with Gasteiger partial charge in [-0.15, -0.1) is 0 Å². The number of hydrogen-bond donors (Lipinski definition) is 0. The summed E-state index contributed by atoms with van der Waals surface area (Å²) in [7, 11) is 0. The van der Waals surface area contributed by atoms with Gasteiger partial charge in [-0.3, -0.25) is 4.28 Å². The van der Waals surface area contributed by atoms with Crippen molar-refractivity contribution in [3.63, 3.8) is 0 Å². The summed E-state index contributed by atoms with van der Waals surface area (Å²) in [4.78, 5) is 0. The molecule has 2 aromatic carbocycles. The maximum Gasteiger partial charge on any atom is 0.346 e. The van der Waals surface area contributed by atoms with Crippen molar-refractivity contribution in [2.75, 3.05) is 4.31 Å². The van der Waals surface area contributed by atoms with Crippen molar-refractivity contribution in [2.45, 2.75) is 0 Å². The van der Waals surface area contributed by atoms with E-state index in [1.165, 1.54) is 4.31 Å². The first-order valence-electron chi connectivity index (χ1n) is 5.55. The number of oxime groups is 1. The second-order valence-electron chi connectivity index (χ2n) is 3.82. The highest BCUT2D eigenvalue weighted by atomic mass is 35.5. The van der Waals surface area contributed by atoms with E-state index in [0.29, 0.717) is 16.4 Å². The molecule has 0 fully saturated rings. The van der Waals surface area contributed by atoms with Crippen LogP contribution < -0.4 is 4.31 Å². The van der Waals surface area contributed by atoms with E-state index < -0.39 is 11.3 Å². The molecule has 1 heterocycles. The SMILES string of the molecule is O=S1ON=C(c2ccccc2Cl)N1c1ccccc1. The van der Waals surface area contributed by atoms with Gasteiger partial charge in [0.25, 0.3) is 0 Å². The molecule has 96 valence electrons. The van der Waals surface area contributed by atoms with E-state index in [1.807, 2.05) is 48.5 Å². The average molecular weight is 293 g/mol. The second-order valence-corrected chi connectivity index (χ2v) is 5.17. The van der Waals surface area contributed by atoms with Crippen molar-refractivity contribution in [1.29, 1.82) is 0 Å². The first-order chi connectivity index (χ1) is 9.27. The number of rotatable bonds is 2. The van der Waals surface area contributed by atoms with E-state index in [4.69, 9.17) is 15.9 Å². The Morgan fingerprint density at radius 3 is 2.47 bits per heavy atom. The topological polar surface area (TPSA) is 41.9 Å². The molecule has 0 aliphatic carbocycles. The Bertz CT molecular complexity index is 661. The molecule has 0 radical (unpaired) electrons. The van der Waals surface area contributed by atoms with Crippen LogP contribution in [0.1, 0.15) is 5.56 Å². The Kier molecular flexibility index (Phi) is 3.23. The fourth-order valence-electron chi connectivity index (χ4n) is 1.78. The van der Waals surface area contributed by atoms with Crippen molar-refractivity contribution in [3.05, 3.63) is 65.2 Å². The molecular formula is C13H9ClN2O2S. The molecule has 0 spiro atoms. The minimum atomic E-state index is -1.68. The molecule has 19 heavy (non-hydrogen) atoms. The van der Waals surface area contributed by atoms with E-state index >= 15 is 0 Å². The lowest BCUT2D eigenvalue weighted by molar-refractivity contribution is 0.386. The molecule has 2 aromatic rings. The highest BCUT2D eigenvalue weighted by molar-refractivity contribution is 7.83. The molecule has 1 unspecified atom stereocenters. The van der Waals surface area contributed by atoms with Crippen LogP contribution in [0.15, 0.2) is 59.8 Å². The van der Waals surface area contributed by atoms with Gasteiger partial charge in [-0.1, -0.05) is 41.9 Å². The minimum Gasteiger partial charge on any atom is -0.268 e. The predicted octanol–water partition coefficient (Wildman–Crippen LogP) is 3.12. The van der Waals surface area contributed by atoms with Gasteiger partial charge in [-0.25, -0.2) is 4.31 Å². The summed E-state index contributed by atoms with van der Waals surface area (Å²) < 4.78 is 18.3. The van der Waals surface area contributed by atoms with E-state index in [-0.39, 0.29) is 0 Å². The molecule has 1 aliphatic heterocycles. The number of anilines is 1. The molecular weight excluding hydrogens is 284 g/mol. The summed E-state index contributed by atoms with van der Waals surface area (Å²) in [6.07, 6.45) is 0. The Morgan fingerprint density at radius 1 is 1.05 bits per heavy atom. The summed E-state index contributed by atoms with van der Waals surface area (Å²) in [5, 5.41) is 4.40. The zero-order chi connectivity index (χ0) is 13.2. The highest BCUT2D eigenvalue weighted by Gasteiger charge is 2.31. The molecule has 1 atom stereocenters. The monoisotopic (exact) mass is 292 g/mol. The Morgan fingerprint density at radius 2 is 1.74 bits per heavy atom. The Balaban J connectivity index is 2.07. The van der Waals surface area contributed by atoms with Crippen molar-refractivity contribution in [2.24, 2.45) is 5.16 Å². The van der Waals surface area contributed by atoms with Gasteiger partial charge in [0.15, 0.2) is 5.84 Å². The zero-order valence-corrected chi connectivity index (χ0v) is 11.3. The van der Waals surface area contributed by atoms with Crippen LogP contribution in [0.3, 0.4) is 0 Å². The molecule has 6 heteroatoms. The second kappa shape index (κ2) is 5.03. The lowest BCUT2D eigenvalue weighted by atomic mass is 10.2. The third kappa shape index (κ3) is 2.22. The van der Waals surface area contributed by atoms with Crippen molar-refractivity contribution in [3.8, 4) is 0 Å². The summed E-state index contributed by atoms with van der Waals surface area (Å²) in [6.45, 7) is 0. The quantitative estimate of drug-likeness (QED) is 0.853. The molecule has 3 rings (SSSR count). The van der Waals surface area contributed by atoms with Crippen LogP contribution in [-0.4, -0.2) is 10.0 Å². The van der Waals surface area contributed by atoms with Gasteiger partial charge < -0.3 is 0 Å². The number of halogens is 1. The number of benzene rings is 2. The van der Waals surface area contributed by atoms with Crippen molar-refractivity contribution < 1.29 is 8.49 Å². The first kappa shape index (κ1) is 12.2. The van der Waals surface area contributed by atoms with E-state index in [9.17, 15) is 4.21 Å². The number of para-hydroxylation sites is 1. The van der Waals surface area contributed by atoms with Gasteiger partial charge >= 0.3 is 11.3 Å². The normalized spacial score (nSPS) is 18.1. The number of hydrogen-bond acceptors (Lipinski definition) is 3. The molecule has 0 saturated heterocycles. The molecule has 0 N–H and O–H groups in total. The minimum absolute atomic E-state index is 0.440. The van der Waals surface area contributed by atoms with E-state index in [2.05, 4.69) is 5.16 Å². The maximum absolute atomic E-state index is 11.9. The maximum atomic E-state index is 11.9. The summed E-state index contributed by atoms with van der Waals surface area (Å²) in [5.74, 6) is 0.440. The third-order valence-electron chi connectivity index (χ3n) is 2.63. The van der Waals surface area contributed by atoms with Crippen molar-refractivity contribution >= 4 is 34.4 Å². The lowest BCUT2D eigenvalue weighted by Crippen LogP contribution is -2.28. The van der Waals surface area contributed by atoms with E-state index in [1.54, 1.807) is 6.07 Å². The highest BCUT2D eigenvalue weighted by Crippen LogP contribution is 2.27. The number of amidine groups is 1. The fraction of sp³-hybridized carbons (Fsp3) is 0. The van der Waals surface area contributed by atoms with Gasteiger partial charge in [0.05, 0.1) is 10.7 Å². The standard InChI is InChI=1S/C13H9ClN2O2S/c14-12-9-5-4-8-11(12)13-15-18-19(17)16(13)10-6-2-1-3-7-10/h1-9H. The predicted molar refractivity (Wildman–Crippen MR) is 76.1 cm³/mol. The van der Waals surface area contributed by atoms with Crippen molar-refractivity contribution in [1.82, 2.24) is 0 Å². The van der Waals surface area contributed by atoms with E-state index in [0.717, 1.165) is 5.69 Å². The molecule has 0 saturated carbocycles. The van der Waals surface area contributed by atoms with Crippen LogP contribution in [0.25, 0.3) is 0 Å². The van der Waals surface area contributed by atoms with Crippen LogP contribution in [0.4, 0.5) is 5.69 Å². The molecule has 0 aromatic heterocycles. The third-order valence-corrected chi connectivity index (χ3v) is 3.85. The van der Waals surface area contributed by atoms with Gasteiger partial charge in [0.1, 0.15) is 0 Å². The smallest absolute Gasteiger partial charge is 0.268 e.